The van der Waals surface area contributed by atoms with Crippen LogP contribution in [0.5, 0.6) is 5.75 Å². The van der Waals surface area contributed by atoms with Gasteiger partial charge in [-0.15, -0.1) is 0 Å². The van der Waals surface area contributed by atoms with Crippen LogP contribution in [0.15, 0.2) is 24.8 Å². The van der Waals surface area contributed by atoms with Gasteiger partial charge in [0.2, 0.25) is 5.91 Å². The highest BCUT2D eigenvalue weighted by Gasteiger charge is 2.28. The van der Waals surface area contributed by atoms with Gasteiger partial charge in [0.1, 0.15) is 12.4 Å². The van der Waals surface area contributed by atoms with Crippen molar-refractivity contribution >= 4 is 29.1 Å². The summed E-state index contributed by atoms with van der Waals surface area (Å²) < 4.78 is 5.57. The second kappa shape index (κ2) is 5.63. The first kappa shape index (κ1) is 13.2. The number of ether oxygens (including phenoxy) is 1. The largest absolute Gasteiger partial charge is 0.489 e. The molecule has 0 bridgehead atoms. The summed E-state index contributed by atoms with van der Waals surface area (Å²) in [6.07, 6.45) is 2.06. The lowest BCUT2D eigenvalue weighted by Gasteiger charge is -2.17. The van der Waals surface area contributed by atoms with E-state index in [0.29, 0.717) is 35.4 Å². The smallest absolute Gasteiger partial charge is 0.220 e. The summed E-state index contributed by atoms with van der Waals surface area (Å²) in [4.78, 5) is 11.3. The Kier molecular flexibility index (Phi) is 4.15. The van der Waals surface area contributed by atoms with Crippen molar-refractivity contribution in [3.8, 4) is 5.75 Å². The van der Waals surface area contributed by atoms with Gasteiger partial charge in [-0.05, 0) is 12.1 Å². The van der Waals surface area contributed by atoms with Gasteiger partial charge in [0.15, 0.2) is 0 Å². The topological polar surface area (TPSA) is 38.3 Å². The summed E-state index contributed by atoms with van der Waals surface area (Å²) >= 11 is 12.2. The third kappa shape index (κ3) is 2.62. The minimum atomic E-state index is 0.00325. The first-order valence-corrected chi connectivity index (χ1v) is 6.37. The molecule has 0 spiro atoms. The minimum absolute atomic E-state index is 0.00325. The van der Waals surface area contributed by atoms with Crippen LogP contribution in [0.3, 0.4) is 0 Å². The quantitative estimate of drug-likeness (QED) is 0.863. The maximum Gasteiger partial charge on any atom is 0.220 e. The van der Waals surface area contributed by atoms with Gasteiger partial charge in [0.25, 0.3) is 0 Å². The lowest BCUT2D eigenvalue weighted by molar-refractivity contribution is -0.119. The highest BCUT2D eigenvalue weighted by molar-refractivity contribution is 6.42. The Labute approximate surface area is 116 Å². The van der Waals surface area contributed by atoms with Crippen molar-refractivity contribution in [2.45, 2.75) is 12.3 Å². The van der Waals surface area contributed by atoms with Crippen LogP contribution in [0.2, 0.25) is 10.0 Å². The fourth-order valence-corrected chi connectivity index (χ4v) is 2.49. The Balaban J connectivity index is 2.37. The number of hydrogen-bond donors (Lipinski definition) is 1. The molecular weight excluding hydrogens is 273 g/mol. The molecule has 1 amide bonds. The fraction of sp³-hybridized carbons (Fsp3) is 0.308. The van der Waals surface area contributed by atoms with Crippen LogP contribution in [0.1, 0.15) is 17.9 Å². The van der Waals surface area contributed by atoms with E-state index in [4.69, 9.17) is 27.9 Å². The predicted molar refractivity (Wildman–Crippen MR) is 72.5 cm³/mol. The average Bonchev–Trinajstić information content (AvgIpc) is 2.77. The number of carbonyl (C=O) groups is 1. The number of benzene rings is 1. The van der Waals surface area contributed by atoms with Crippen LogP contribution in [-0.4, -0.2) is 19.1 Å². The fourth-order valence-electron chi connectivity index (χ4n) is 2.01. The maximum absolute atomic E-state index is 11.3. The summed E-state index contributed by atoms with van der Waals surface area (Å²) in [5, 5.41) is 3.71. The highest BCUT2D eigenvalue weighted by atomic mass is 35.5. The summed E-state index contributed by atoms with van der Waals surface area (Å²) in [6, 6.07) is 3.46. The number of carbonyl (C=O) groups excluding carboxylic acids is 1. The lowest BCUT2D eigenvalue weighted by Crippen LogP contribution is -2.14. The Hall–Kier alpha value is -1.19. The molecule has 1 saturated heterocycles. The molecule has 1 aromatic carbocycles. The molecule has 96 valence electrons. The monoisotopic (exact) mass is 285 g/mol. The van der Waals surface area contributed by atoms with Gasteiger partial charge in [0.05, 0.1) is 10.0 Å². The van der Waals surface area contributed by atoms with E-state index < -0.39 is 0 Å². The van der Waals surface area contributed by atoms with Gasteiger partial charge in [-0.1, -0.05) is 35.9 Å². The molecule has 2 rings (SSSR count). The SMILES string of the molecule is C=CCOc1ccc(Cl)c(Cl)c1[C@H]1CNC(=O)C1. The molecule has 0 aromatic heterocycles. The Bertz CT molecular complexity index is 488. The van der Waals surface area contributed by atoms with Crippen molar-refractivity contribution in [1.82, 2.24) is 5.32 Å². The number of halogens is 2. The maximum atomic E-state index is 11.3. The van der Waals surface area contributed by atoms with Gasteiger partial charge in [0, 0.05) is 24.4 Å². The molecule has 3 nitrogen and oxygen atoms in total. The first-order chi connectivity index (χ1) is 8.63. The molecule has 1 atom stereocenters. The third-order valence-electron chi connectivity index (χ3n) is 2.84. The molecule has 1 aliphatic heterocycles. The van der Waals surface area contributed by atoms with Crippen LogP contribution >= 0.6 is 23.2 Å². The Morgan fingerprint density at radius 2 is 2.28 bits per heavy atom. The lowest BCUT2D eigenvalue weighted by atomic mass is 9.97. The molecule has 1 aliphatic rings. The van der Waals surface area contributed by atoms with Gasteiger partial charge in [-0.25, -0.2) is 0 Å². The predicted octanol–water partition coefficient (Wildman–Crippen LogP) is 3.16. The van der Waals surface area contributed by atoms with Crippen molar-refractivity contribution in [3.63, 3.8) is 0 Å². The second-order valence-corrected chi connectivity index (χ2v) is 4.86. The Morgan fingerprint density at radius 3 is 2.89 bits per heavy atom. The van der Waals surface area contributed by atoms with Gasteiger partial charge < -0.3 is 10.1 Å². The molecular formula is C13H13Cl2NO2. The van der Waals surface area contributed by atoms with E-state index >= 15 is 0 Å². The highest BCUT2D eigenvalue weighted by Crippen LogP contribution is 2.40. The molecule has 0 saturated carbocycles. The van der Waals surface area contributed by atoms with Gasteiger partial charge >= 0.3 is 0 Å². The normalized spacial score (nSPS) is 18.6. The zero-order valence-corrected chi connectivity index (χ0v) is 11.2. The number of hydrogen-bond acceptors (Lipinski definition) is 2. The van der Waals surface area contributed by atoms with Crippen LogP contribution in [0.4, 0.5) is 0 Å². The summed E-state index contributed by atoms with van der Waals surface area (Å²) in [5.74, 6) is 0.681. The molecule has 1 aromatic rings. The standard InChI is InChI=1S/C13H13Cl2NO2/c1-2-5-18-10-4-3-9(14)13(15)12(10)8-6-11(17)16-7-8/h2-4,8H,1,5-7H2,(H,16,17)/t8-/m1/s1. The molecule has 0 unspecified atom stereocenters. The van der Waals surface area contributed by atoms with Crippen molar-refractivity contribution in [2.75, 3.05) is 13.2 Å². The van der Waals surface area contributed by atoms with Crippen molar-refractivity contribution in [2.24, 2.45) is 0 Å². The second-order valence-electron chi connectivity index (χ2n) is 4.08. The molecule has 1 heterocycles. The van der Waals surface area contributed by atoms with E-state index in [1.807, 2.05) is 0 Å². The van der Waals surface area contributed by atoms with Crippen LogP contribution < -0.4 is 10.1 Å². The van der Waals surface area contributed by atoms with Crippen LogP contribution in [-0.2, 0) is 4.79 Å². The minimum Gasteiger partial charge on any atom is -0.489 e. The molecule has 0 aliphatic carbocycles. The first-order valence-electron chi connectivity index (χ1n) is 5.61. The van der Waals surface area contributed by atoms with E-state index in [1.54, 1.807) is 18.2 Å². The molecule has 18 heavy (non-hydrogen) atoms. The number of rotatable bonds is 4. The summed E-state index contributed by atoms with van der Waals surface area (Å²) in [5.41, 5.74) is 0.796. The van der Waals surface area contributed by atoms with Crippen molar-refractivity contribution in [3.05, 3.63) is 40.4 Å². The zero-order valence-electron chi connectivity index (χ0n) is 9.71. The zero-order chi connectivity index (χ0) is 13.1. The van der Waals surface area contributed by atoms with E-state index in [0.717, 1.165) is 5.56 Å². The average molecular weight is 286 g/mol. The number of nitrogens with one attached hydrogen (secondary N) is 1. The van der Waals surface area contributed by atoms with Crippen LogP contribution in [0.25, 0.3) is 0 Å². The van der Waals surface area contributed by atoms with E-state index in [1.165, 1.54) is 0 Å². The van der Waals surface area contributed by atoms with Crippen molar-refractivity contribution < 1.29 is 9.53 Å². The molecule has 0 radical (unpaired) electrons. The van der Waals surface area contributed by atoms with Crippen molar-refractivity contribution in [1.29, 1.82) is 0 Å². The summed E-state index contributed by atoms with van der Waals surface area (Å²) in [6.45, 7) is 4.55. The Morgan fingerprint density at radius 1 is 1.50 bits per heavy atom. The summed E-state index contributed by atoms with van der Waals surface area (Å²) in [7, 11) is 0. The van der Waals surface area contributed by atoms with Gasteiger partial charge in [-0.2, -0.15) is 0 Å². The van der Waals surface area contributed by atoms with E-state index in [2.05, 4.69) is 11.9 Å². The van der Waals surface area contributed by atoms with Gasteiger partial charge in [-0.3, -0.25) is 4.79 Å². The van der Waals surface area contributed by atoms with Crippen LogP contribution in [0, 0.1) is 0 Å². The molecule has 1 fully saturated rings. The molecule has 5 heteroatoms. The number of amides is 1. The molecule has 1 N–H and O–H groups in total. The third-order valence-corrected chi connectivity index (χ3v) is 3.65. The van der Waals surface area contributed by atoms with E-state index in [-0.39, 0.29) is 11.8 Å². The van der Waals surface area contributed by atoms with E-state index in [9.17, 15) is 4.79 Å².